The predicted molar refractivity (Wildman–Crippen MR) is 88.9 cm³/mol. The van der Waals surface area contributed by atoms with Gasteiger partial charge in [-0.3, -0.25) is 0 Å². The van der Waals surface area contributed by atoms with Crippen molar-refractivity contribution >= 4 is 5.96 Å². The van der Waals surface area contributed by atoms with E-state index >= 15 is 0 Å². The smallest absolute Gasteiger partial charge is 0.191 e. The Hall–Kier alpha value is -1.56. The predicted octanol–water partition coefficient (Wildman–Crippen LogP) is 1.77. The third kappa shape index (κ3) is 5.33. The first-order valence-corrected chi connectivity index (χ1v) is 8.32. The number of nitrogens with one attached hydrogen (secondary N) is 2. The van der Waals surface area contributed by atoms with Gasteiger partial charge in [0.2, 0.25) is 0 Å². The summed E-state index contributed by atoms with van der Waals surface area (Å²) in [4.78, 5) is 9.05. The van der Waals surface area contributed by atoms with E-state index in [0.717, 1.165) is 50.9 Å². The number of hydrogen-bond donors (Lipinski definition) is 2. The van der Waals surface area contributed by atoms with Crippen molar-refractivity contribution in [3.8, 4) is 0 Å². The van der Waals surface area contributed by atoms with Gasteiger partial charge in [0, 0.05) is 38.6 Å². The summed E-state index contributed by atoms with van der Waals surface area (Å²) in [5.74, 6) is 2.43. The molecule has 1 aliphatic rings. The first-order chi connectivity index (χ1) is 10.7. The van der Waals surface area contributed by atoms with Crippen LogP contribution in [0.4, 0.5) is 0 Å². The fourth-order valence-electron chi connectivity index (χ4n) is 2.56. The zero-order valence-corrected chi connectivity index (χ0v) is 14.0. The lowest BCUT2D eigenvalue weighted by molar-refractivity contribution is 0.114. The second-order valence-electron chi connectivity index (χ2n) is 6.10. The van der Waals surface area contributed by atoms with Crippen LogP contribution in [0.1, 0.15) is 39.4 Å². The summed E-state index contributed by atoms with van der Waals surface area (Å²) in [6, 6.07) is 0. The van der Waals surface area contributed by atoms with Gasteiger partial charge >= 0.3 is 0 Å². The molecule has 0 aliphatic carbocycles. The summed E-state index contributed by atoms with van der Waals surface area (Å²) in [5, 5.41) is 6.64. The van der Waals surface area contributed by atoms with Crippen molar-refractivity contribution in [2.45, 2.75) is 52.8 Å². The standard InChI is InChI=1S/C16H29N5O/c1-4-17-16(19-10-14-6-5-9-22-14)20-11-15-18-7-8-21(15)12-13(2)3/h7-8,13-14H,4-6,9-12H2,1-3H3,(H2,17,19,20). The fraction of sp³-hybridized carbons (Fsp3) is 0.750. The van der Waals surface area contributed by atoms with E-state index in [1.54, 1.807) is 0 Å². The van der Waals surface area contributed by atoms with Crippen molar-refractivity contribution in [1.29, 1.82) is 0 Å². The number of aromatic nitrogens is 2. The van der Waals surface area contributed by atoms with Crippen LogP contribution >= 0.6 is 0 Å². The Kier molecular flexibility index (Phi) is 6.71. The number of hydrogen-bond acceptors (Lipinski definition) is 3. The molecule has 1 unspecified atom stereocenters. The maximum atomic E-state index is 5.63. The lowest BCUT2D eigenvalue weighted by atomic mass is 10.2. The third-order valence-corrected chi connectivity index (χ3v) is 3.61. The second-order valence-corrected chi connectivity index (χ2v) is 6.10. The van der Waals surface area contributed by atoms with Crippen LogP contribution < -0.4 is 10.6 Å². The number of ether oxygens (including phenoxy) is 1. The number of rotatable bonds is 7. The molecule has 2 heterocycles. The van der Waals surface area contributed by atoms with Crippen LogP contribution in [-0.2, 0) is 17.8 Å². The molecule has 2 rings (SSSR count). The van der Waals surface area contributed by atoms with Gasteiger partial charge in [-0.15, -0.1) is 0 Å². The summed E-state index contributed by atoms with van der Waals surface area (Å²) in [6.45, 7) is 10.6. The monoisotopic (exact) mass is 307 g/mol. The molecular formula is C16H29N5O. The van der Waals surface area contributed by atoms with Crippen LogP contribution in [0.5, 0.6) is 0 Å². The van der Waals surface area contributed by atoms with E-state index in [-0.39, 0.29) is 0 Å². The van der Waals surface area contributed by atoms with Crippen LogP contribution in [0.15, 0.2) is 17.4 Å². The van der Waals surface area contributed by atoms with Crippen LogP contribution in [0, 0.1) is 5.92 Å². The molecule has 1 aliphatic heterocycles. The molecule has 6 heteroatoms. The van der Waals surface area contributed by atoms with Gasteiger partial charge in [0.1, 0.15) is 12.4 Å². The van der Waals surface area contributed by atoms with Crippen molar-refractivity contribution in [3.63, 3.8) is 0 Å². The third-order valence-electron chi connectivity index (χ3n) is 3.61. The van der Waals surface area contributed by atoms with Gasteiger partial charge in [-0.25, -0.2) is 9.98 Å². The molecule has 1 atom stereocenters. The topological polar surface area (TPSA) is 63.5 Å². The molecule has 1 fully saturated rings. The molecule has 0 amide bonds. The summed E-state index contributed by atoms with van der Waals surface area (Å²) < 4.78 is 7.81. The fourth-order valence-corrected chi connectivity index (χ4v) is 2.56. The van der Waals surface area contributed by atoms with Gasteiger partial charge in [-0.1, -0.05) is 13.8 Å². The zero-order chi connectivity index (χ0) is 15.8. The minimum atomic E-state index is 0.312. The molecule has 22 heavy (non-hydrogen) atoms. The first-order valence-electron chi connectivity index (χ1n) is 8.32. The molecule has 0 spiro atoms. The Morgan fingerprint density at radius 2 is 2.36 bits per heavy atom. The molecule has 2 N–H and O–H groups in total. The van der Waals surface area contributed by atoms with Crippen molar-refractivity contribution in [2.75, 3.05) is 19.7 Å². The molecule has 0 bridgehead atoms. The Morgan fingerprint density at radius 3 is 3.05 bits per heavy atom. The van der Waals surface area contributed by atoms with Gasteiger partial charge in [0.15, 0.2) is 5.96 Å². The molecule has 1 aromatic rings. The second kappa shape index (κ2) is 8.78. The van der Waals surface area contributed by atoms with Crippen molar-refractivity contribution in [3.05, 3.63) is 18.2 Å². The van der Waals surface area contributed by atoms with E-state index < -0.39 is 0 Å². The molecule has 124 valence electrons. The number of imidazole rings is 1. The van der Waals surface area contributed by atoms with Crippen LogP contribution in [-0.4, -0.2) is 41.3 Å². The van der Waals surface area contributed by atoms with E-state index in [1.165, 1.54) is 0 Å². The maximum Gasteiger partial charge on any atom is 0.191 e. The highest BCUT2D eigenvalue weighted by molar-refractivity contribution is 5.79. The van der Waals surface area contributed by atoms with E-state index in [4.69, 9.17) is 4.74 Å². The maximum absolute atomic E-state index is 5.63. The number of aliphatic imine (C=N–C) groups is 1. The van der Waals surface area contributed by atoms with Crippen molar-refractivity contribution in [1.82, 2.24) is 20.2 Å². The molecule has 6 nitrogen and oxygen atoms in total. The molecule has 0 saturated carbocycles. The van der Waals surface area contributed by atoms with E-state index in [2.05, 4.69) is 45.9 Å². The Bertz CT molecular complexity index is 463. The van der Waals surface area contributed by atoms with Gasteiger partial charge in [-0.05, 0) is 25.7 Å². The summed E-state index contributed by atoms with van der Waals surface area (Å²) in [6.07, 6.45) is 6.47. The lowest BCUT2D eigenvalue weighted by Gasteiger charge is -2.15. The summed E-state index contributed by atoms with van der Waals surface area (Å²) >= 11 is 0. The van der Waals surface area contributed by atoms with E-state index in [9.17, 15) is 0 Å². The van der Waals surface area contributed by atoms with Crippen LogP contribution in [0.2, 0.25) is 0 Å². The highest BCUT2D eigenvalue weighted by Crippen LogP contribution is 2.10. The Labute approximate surface area is 133 Å². The highest BCUT2D eigenvalue weighted by Gasteiger charge is 2.15. The average Bonchev–Trinajstić information content (AvgIpc) is 3.13. The normalized spacial score (nSPS) is 18.9. The molecule has 1 aromatic heterocycles. The zero-order valence-electron chi connectivity index (χ0n) is 14.0. The Morgan fingerprint density at radius 1 is 1.50 bits per heavy atom. The number of nitrogens with zero attached hydrogens (tertiary/aromatic N) is 3. The minimum absolute atomic E-state index is 0.312. The quantitative estimate of drug-likeness (QED) is 0.595. The first kappa shape index (κ1) is 16.8. The van der Waals surface area contributed by atoms with Crippen LogP contribution in [0.25, 0.3) is 0 Å². The molecular weight excluding hydrogens is 278 g/mol. The molecule has 1 saturated heterocycles. The number of guanidine groups is 1. The lowest BCUT2D eigenvalue weighted by Crippen LogP contribution is -2.41. The highest BCUT2D eigenvalue weighted by atomic mass is 16.5. The molecule has 0 radical (unpaired) electrons. The minimum Gasteiger partial charge on any atom is -0.376 e. The van der Waals surface area contributed by atoms with Gasteiger partial charge in [0.05, 0.1) is 6.10 Å². The van der Waals surface area contributed by atoms with Crippen molar-refractivity contribution < 1.29 is 4.74 Å². The summed E-state index contributed by atoms with van der Waals surface area (Å²) in [7, 11) is 0. The van der Waals surface area contributed by atoms with Gasteiger partial charge < -0.3 is 19.9 Å². The van der Waals surface area contributed by atoms with Crippen LogP contribution in [0.3, 0.4) is 0 Å². The van der Waals surface area contributed by atoms with E-state index in [0.29, 0.717) is 18.6 Å². The SMILES string of the molecule is CCNC(=NCc1nccn1CC(C)C)NCC1CCCO1. The van der Waals surface area contributed by atoms with Gasteiger partial charge in [0.25, 0.3) is 0 Å². The largest absolute Gasteiger partial charge is 0.376 e. The Balaban J connectivity index is 1.89. The average molecular weight is 307 g/mol. The van der Waals surface area contributed by atoms with E-state index in [1.807, 2.05) is 12.4 Å². The van der Waals surface area contributed by atoms with Gasteiger partial charge in [-0.2, -0.15) is 0 Å². The summed E-state index contributed by atoms with van der Waals surface area (Å²) in [5.41, 5.74) is 0. The van der Waals surface area contributed by atoms with Crippen molar-refractivity contribution in [2.24, 2.45) is 10.9 Å². The molecule has 0 aromatic carbocycles.